The molecule has 0 aromatic carbocycles. The van der Waals surface area contributed by atoms with E-state index in [1.807, 2.05) is 7.05 Å². The second kappa shape index (κ2) is 7.12. The molecule has 0 radical (unpaired) electrons. The van der Waals surface area contributed by atoms with Crippen molar-refractivity contribution < 1.29 is 46.0 Å². The molecule has 0 unspecified atom stereocenters. The van der Waals surface area contributed by atoms with Crippen LogP contribution in [0.1, 0.15) is 0 Å². The van der Waals surface area contributed by atoms with Gasteiger partial charge < -0.3 is 19.6 Å². The van der Waals surface area contributed by atoms with Gasteiger partial charge in [-0.05, 0) is 0 Å². The molecule has 10 heteroatoms. The molecule has 1 rings (SSSR count). The third kappa shape index (κ3) is 6.37. The molecule has 3 N–H and O–H groups in total. The number of hydrogen-bond donors (Lipinski definition) is 3. The van der Waals surface area contributed by atoms with Crippen molar-refractivity contribution in [1.82, 2.24) is 0 Å². The molecule has 0 aromatic heterocycles. The molecule has 1 saturated heterocycles. The van der Waals surface area contributed by atoms with Crippen LogP contribution in [0.2, 0.25) is 0 Å². The maximum atomic E-state index is 12.2. The normalized spacial score (nSPS) is 26.1. The first-order valence-electron chi connectivity index (χ1n) is 6.58. The molecular formula is C11H20F6N2O2+2. The summed E-state index contributed by atoms with van der Waals surface area (Å²) in [4.78, 5) is 2.26. The highest BCUT2D eigenvalue weighted by Crippen LogP contribution is 2.35. The lowest BCUT2D eigenvalue weighted by molar-refractivity contribution is -1.00. The van der Waals surface area contributed by atoms with Gasteiger partial charge in [0.25, 0.3) is 0 Å². The molecule has 1 aliphatic heterocycles. The molecule has 1 fully saturated rings. The van der Waals surface area contributed by atoms with Gasteiger partial charge in [-0.15, -0.1) is 0 Å². The number of likely N-dealkylation sites (N-methyl/N-ethyl adjacent to an activating group) is 1. The van der Waals surface area contributed by atoms with E-state index < -0.39 is 31.2 Å². The topological polar surface area (TPSA) is 38.3 Å². The number of halogens is 6. The van der Waals surface area contributed by atoms with E-state index in [1.54, 1.807) is 0 Å². The zero-order valence-electron chi connectivity index (χ0n) is 11.5. The molecule has 0 aromatic rings. The van der Waals surface area contributed by atoms with E-state index in [-0.39, 0.29) is 6.54 Å². The molecule has 126 valence electrons. The Morgan fingerprint density at radius 3 is 1.90 bits per heavy atom. The summed E-state index contributed by atoms with van der Waals surface area (Å²) in [6.45, 7) is 2.20. The minimum Gasteiger partial charge on any atom is -0.385 e. The number of alkyl halides is 6. The maximum absolute atomic E-state index is 12.2. The molecule has 0 spiro atoms. The van der Waals surface area contributed by atoms with Gasteiger partial charge in [0.2, 0.25) is 6.10 Å². The number of aliphatic hydroxyl groups excluding tert-OH is 1. The predicted octanol–water partition coefficient (Wildman–Crippen LogP) is -1.73. The van der Waals surface area contributed by atoms with Crippen molar-refractivity contribution in [1.29, 1.82) is 0 Å². The Hall–Kier alpha value is -0.580. The summed E-state index contributed by atoms with van der Waals surface area (Å²) in [5, 5.41) is 9.56. The van der Waals surface area contributed by atoms with Crippen LogP contribution in [-0.2, 0) is 4.74 Å². The van der Waals surface area contributed by atoms with Gasteiger partial charge in [0, 0.05) is 0 Å². The van der Waals surface area contributed by atoms with Gasteiger partial charge >= 0.3 is 12.4 Å². The number of ether oxygens (including phenoxy) is 1. The Balaban J connectivity index is 2.41. The van der Waals surface area contributed by atoms with Crippen LogP contribution in [0.15, 0.2) is 0 Å². The summed E-state index contributed by atoms with van der Waals surface area (Å²) >= 11 is 0. The van der Waals surface area contributed by atoms with Gasteiger partial charge in [-0.3, -0.25) is 0 Å². The fourth-order valence-electron chi connectivity index (χ4n) is 2.21. The molecule has 1 atom stereocenters. The number of aliphatic hydroxyl groups is 1. The first-order chi connectivity index (χ1) is 9.50. The van der Waals surface area contributed by atoms with Crippen molar-refractivity contribution in [2.45, 2.75) is 24.6 Å². The molecular weight excluding hydrogens is 306 g/mol. The van der Waals surface area contributed by atoms with Crippen molar-refractivity contribution in [3.63, 3.8) is 0 Å². The van der Waals surface area contributed by atoms with Gasteiger partial charge in [-0.25, -0.2) is 0 Å². The third-order valence-corrected chi connectivity index (χ3v) is 3.38. The fourth-order valence-corrected chi connectivity index (χ4v) is 2.21. The molecule has 1 heterocycles. The summed E-state index contributed by atoms with van der Waals surface area (Å²) in [6, 6.07) is 0. The van der Waals surface area contributed by atoms with Crippen molar-refractivity contribution in [2.75, 3.05) is 46.4 Å². The van der Waals surface area contributed by atoms with Crippen LogP contribution in [0, 0.1) is 0 Å². The van der Waals surface area contributed by atoms with Crippen molar-refractivity contribution in [3.8, 4) is 0 Å². The predicted molar refractivity (Wildman–Crippen MR) is 60.0 cm³/mol. The number of rotatable bonds is 5. The molecule has 0 aliphatic carbocycles. The Morgan fingerprint density at radius 1 is 1.00 bits per heavy atom. The second-order valence-electron chi connectivity index (χ2n) is 5.36. The zero-order valence-corrected chi connectivity index (χ0v) is 11.5. The standard InChI is InChI=1S/C11H18F6N2O2/c1-18-2-4-19(5-3-18)6-8(20)7-21-9(10(12,13)14)11(15,16)17/h8-9,20H,2-7H2,1H3/p+2/t8-/m0/s1. The SMILES string of the molecule is C[NH+]1CC[NH+](C[C@H](O)COC(C(F)(F)F)C(F)(F)F)CC1. The average molecular weight is 326 g/mol. The molecule has 1 aliphatic rings. The largest absolute Gasteiger partial charge is 0.423 e. The van der Waals surface area contributed by atoms with Crippen LogP contribution < -0.4 is 9.80 Å². The number of nitrogens with one attached hydrogen (secondary N) is 2. The van der Waals surface area contributed by atoms with E-state index >= 15 is 0 Å². The highest BCUT2D eigenvalue weighted by molar-refractivity contribution is 4.76. The minimum atomic E-state index is -5.54. The summed E-state index contributed by atoms with van der Waals surface area (Å²) in [7, 11) is 1.99. The summed E-state index contributed by atoms with van der Waals surface area (Å²) in [6.07, 6.45) is -16.3. The Kier molecular flexibility index (Phi) is 6.26. The van der Waals surface area contributed by atoms with Crippen LogP contribution in [-0.4, -0.2) is 76.0 Å². The van der Waals surface area contributed by atoms with E-state index in [2.05, 4.69) is 4.74 Å². The first-order valence-corrected chi connectivity index (χ1v) is 6.58. The molecule has 21 heavy (non-hydrogen) atoms. The van der Waals surface area contributed by atoms with Gasteiger partial charge in [0.1, 0.15) is 38.8 Å². The zero-order chi connectivity index (χ0) is 16.3. The van der Waals surface area contributed by atoms with Gasteiger partial charge in [-0.2, -0.15) is 26.3 Å². The third-order valence-electron chi connectivity index (χ3n) is 3.38. The second-order valence-corrected chi connectivity index (χ2v) is 5.36. The van der Waals surface area contributed by atoms with Crippen LogP contribution in [0.5, 0.6) is 0 Å². The molecule has 0 bridgehead atoms. The van der Waals surface area contributed by atoms with Crippen molar-refractivity contribution in [3.05, 3.63) is 0 Å². The van der Waals surface area contributed by atoms with E-state index in [4.69, 9.17) is 0 Å². The van der Waals surface area contributed by atoms with Crippen molar-refractivity contribution in [2.24, 2.45) is 0 Å². The Bertz CT molecular complexity index is 301. The Morgan fingerprint density at radius 2 is 1.48 bits per heavy atom. The quantitative estimate of drug-likeness (QED) is 0.526. The van der Waals surface area contributed by atoms with E-state index in [0.29, 0.717) is 13.1 Å². The monoisotopic (exact) mass is 326 g/mol. The van der Waals surface area contributed by atoms with E-state index in [9.17, 15) is 31.4 Å². The Labute approximate surface area is 118 Å². The lowest BCUT2D eigenvalue weighted by Crippen LogP contribution is -3.27. The van der Waals surface area contributed by atoms with Crippen LogP contribution in [0.4, 0.5) is 26.3 Å². The summed E-state index contributed by atoms with van der Waals surface area (Å²) in [5.74, 6) is 0. The van der Waals surface area contributed by atoms with Crippen LogP contribution in [0.3, 0.4) is 0 Å². The van der Waals surface area contributed by atoms with E-state index in [1.165, 1.54) is 4.90 Å². The number of quaternary nitrogens is 2. The fraction of sp³-hybridized carbons (Fsp3) is 1.00. The number of piperazine rings is 1. The molecule has 0 amide bonds. The van der Waals surface area contributed by atoms with Crippen LogP contribution >= 0.6 is 0 Å². The number of hydrogen-bond acceptors (Lipinski definition) is 2. The summed E-state index contributed by atoms with van der Waals surface area (Å²) < 4.78 is 77.3. The smallest absolute Gasteiger partial charge is 0.385 e. The van der Waals surface area contributed by atoms with Gasteiger partial charge in [0.15, 0.2) is 0 Å². The molecule has 0 saturated carbocycles. The van der Waals surface area contributed by atoms with Crippen LogP contribution in [0.25, 0.3) is 0 Å². The van der Waals surface area contributed by atoms with Gasteiger partial charge in [-0.1, -0.05) is 0 Å². The van der Waals surface area contributed by atoms with Gasteiger partial charge in [0.05, 0.1) is 13.7 Å². The average Bonchev–Trinajstić information content (AvgIpc) is 2.28. The first kappa shape index (κ1) is 18.5. The minimum absolute atomic E-state index is 0.0791. The maximum Gasteiger partial charge on any atom is 0.423 e. The highest BCUT2D eigenvalue weighted by Gasteiger charge is 2.58. The highest BCUT2D eigenvalue weighted by atomic mass is 19.4. The molecule has 4 nitrogen and oxygen atoms in total. The van der Waals surface area contributed by atoms with Crippen molar-refractivity contribution >= 4 is 0 Å². The lowest BCUT2D eigenvalue weighted by Gasteiger charge is -2.29. The lowest BCUT2D eigenvalue weighted by atomic mass is 10.2. The van der Waals surface area contributed by atoms with E-state index in [0.717, 1.165) is 18.0 Å². The summed E-state index contributed by atoms with van der Waals surface area (Å²) in [5.41, 5.74) is 0.